The fraction of sp³-hybridized carbons (Fsp3) is 0.105. The van der Waals surface area contributed by atoms with E-state index in [2.05, 4.69) is 33.2 Å². The number of allylic oxidation sites excluding steroid dienone is 2. The number of pyridine rings is 1. The van der Waals surface area contributed by atoms with Crippen LogP contribution in [-0.4, -0.2) is 20.9 Å². The predicted octanol–water partition coefficient (Wildman–Crippen LogP) is 3.93. The summed E-state index contributed by atoms with van der Waals surface area (Å²) in [7, 11) is 0. The van der Waals surface area contributed by atoms with Crippen LogP contribution in [0.2, 0.25) is 0 Å². The van der Waals surface area contributed by atoms with E-state index in [1.807, 2.05) is 18.2 Å². The van der Waals surface area contributed by atoms with Gasteiger partial charge in [0.15, 0.2) is 5.78 Å². The van der Waals surface area contributed by atoms with E-state index in [-0.39, 0.29) is 32.6 Å². The maximum Gasteiger partial charge on any atom is 0.155 e. The molecule has 2 heterocycles. The van der Waals surface area contributed by atoms with Crippen molar-refractivity contribution in [2.24, 2.45) is 0 Å². The van der Waals surface area contributed by atoms with Gasteiger partial charge >= 0.3 is 0 Å². The second kappa shape index (κ2) is 8.04. The summed E-state index contributed by atoms with van der Waals surface area (Å²) in [5.41, 5.74) is 2.75. The standard InChI is InChI=1S/C14H8N3.C5H8O2.Pt/c1-2-5-10-9(4-1)11-6-3-7-15-12(11)14-13(10)16-8-17-14;1-4(6)3-5(2)7;/h1-8H;3,6H,1-2H3;/q-1;;/b;4-3-;. The fourth-order valence-electron chi connectivity index (χ4n) is 2.67. The molecule has 130 valence electrons. The number of hydrogen-bond acceptors (Lipinski definition) is 4. The molecule has 0 unspecified atom stereocenters. The second-order valence-electron chi connectivity index (χ2n) is 5.41. The number of carbonyl (C=O) groups excluding carboxylic acids is 1. The van der Waals surface area contributed by atoms with Gasteiger partial charge in [-0.15, -0.1) is 0 Å². The largest absolute Gasteiger partial charge is 0.512 e. The molecule has 4 rings (SSSR count). The van der Waals surface area contributed by atoms with E-state index in [9.17, 15) is 4.79 Å². The third-order valence-electron chi connectivity index (χ3n) is 3.51. The number of carbonyl (C=O) groups is 1. The van der Waals surface area contributed by atoms with Gasteiger partial charge in [0.25, 0.3) is 0 Å². The Labute approximate surface area is 159 Å². The van der Waals surface area contributed by atoms with Crippen LogP contribution in [0.4, 0.5) is 0 Å². The first-order valence-corrected chi connectivity index (χ1v) is 7.48. The van der Waals surface area contributed by atoms with Crippen LogP contribution >= 0.6 is 0 Å². The smallest absolute Gasteiger partial charge is 0.155 e. The van der Waals surface area contributed by atoms with Gasteiger partial charge < -0.3 is 15.1 Å². The van der Waals surface area contributed by atoms with Gasteiger partial charge in [-0.1, -0.05) is 36.7 Å². The fourth-order valence-corrected chi connectivity index (χ4v) is 2.67. The molecule has 4 aromatic rings. The number of aromatic nitrogens is 3. The van der Waals surface area contributed by atoms with Crippen LogP contribution in [0.5, 0.6) is 0 Å². The number of nitrogens with zero attached hydrogens (tertiary/aromatic N) is 3. The summed E-state index contributed by atoms with van der Waals surface area (Å²) in [6.45, 7) is 2.85. The number of imidazole rings is 1. The van der Waals surface area contributed by atoms with Crippen LogP contribution in [0.15, 0.2) is 60.8 Å². The number of ketones is 1. The zero-order chi connectivity index (χ0) is 17.1. The Kier molecular flexibility index (Phi) is 6.05. The molecule has 0 saturated heterocycles. The number of hydrogen-bond donors (Lipinski definition) is 1. The van der Waals surface area contributed by atoms with Crippen molar-refractivity contribution in [2.75, 3.05) is 0 Å². The number of benzene rings is 2. The minimum absolute atomic E-state index is 0. The molecular formula is C19H16N3O2Pt-. The first-order chi connectivity index (χ1) is 11.6. The molecule has 25 heavy (non-hydrogen) atoms. The van der Waals surface area contributed by atoms with Gasteiger partial charge in [0.05, 0.1) is 11.3 Å². The minimum Gasteiger partial charge on any atom is -0.512 e. The van der Waals surface area contributed by atoms with E-state index < -0.39 is 0 Å². The first-order valence-electron chi connectivity index (χ1n) is 7.48. The van der Waals surface area contributed by atoms with E-state index in [0.29, 0.717) is 0 Å². The average Bonchev–Trinajstić information content (AvgIpc) is 3.04. The molecule has 0 saturated carbocycles. The maximum atomic E-state index is 10.0. The molecule has 1 N–H and O–H groups in total. The van der Waals surface area contributed by atoms with Crippen LogP contribution in [-0.2, 0) is 25.9 Å². The summed E-state index contributed by atoms with van der Waals surface area (Å²) in [4.78, 5) is 23.1. The van der Waals surface area contributed by atoms with Gasteiger partial charge in [0.1, 0.15) is 0 Å². The van der Waals surface area contributed by atoms with Crippen molar-refractivity contribution < 1.29 is 31.0 Å². The van der Waals surface area contributed by atoms with E-state index in [1.165, 1.54) is 25.3 Å². The Morgan fingerprint density at radius 2 is 1.60 bits per heavy atom. The molecule has 6 heteroatoms. The summed E-state index contributed by atoms with van der Waals surface area (Å²) >= 11 is 0. The Balaban J connectivity index is 0.000000246. The van der Waals surface area contributed by atoms with Gasteiger partial charge in [-0.05, 0) is 41.7 Å². The van der Waals surface area contributed by atoms with Crippen LogP contribution in [0.1, 0.15) is 13.8 Å². The normalized spacial score (nSPS) is 11.0. The molecule has 0 radical (unpaired) electrons. The molecule has 0 aliphatic heterocycles. The topological polar surface area (TPSA) is 77.2 Å². The zero-order valence-corrected chi connectivity index (χ0v) is 16.0. The first kappa shape index (κ1) is 18.8. The zero-order valence-electron chi connectivity index (χ0n) is 13.7. The van der Waals surface area contributed by atoms with E-state index in [4.69, 9.17) is 5.11 Å². The van der Waals surface area contributed by atoms with Gasteiger partial charge in [0.2, 0.25) is 0 Å². The van der Waals surface area contributed by atoms with E-state index in [1.54, 1.807) is 12.5 Å². The molecule has 0 spiro atoms. The molecule has 0 bridgehead atoms. The molecule has 5 nitrogen and oxygen atoms in total. The molecule has 0 aliphatic rings. The monoisotopic (exact) mass is 513 g/mol. The number of aliphatic hydroxyl groups excluding tert-OH is 1. The SMILES string of the molecule is CC(=O)/C=C(/C)O.[Pt].c1ccc2c(c1)c1cccnc1c1[n-]cnc21. The summed E-state index contributed by atoms with van der Waals surface area (Å²) in [5.74, 6) is -0.0625. The van der Waals surface area contributed by atoms with Crippen molar-refractivity contribution in [1.29, 1.82) is 0 Å². The van der Waals surface area contributed by atoms with Gasteiger partial charge in [-0.3, -0.25) is 9.78 Å². The van der Waals surface area contributed by atoms with Crippen molar-refractivity contribution in [1.82, 2.24) is 15.0 Å². The Morgan fingerprint density at radius 3 is 2.20 bits per heavy atom. The van der Waals surface area contributed by atoms with Crippen LogP contribution in [0, 0.1) is 0 Å². The van der Waals surface area contributed by atoms with Gasteiger partial charge in [-0.25, -0.2) is 0 Å². The number of fused-ring (bicyclic) bond motifs is 6. The van der Waals surface area contributed by atoms with E-state index in [0.717, 1.165) is 27.3 Å². The van der Waals surface area contributed by atoms with Crippen LogP contribution in [0.3, 0.4) is 0 Å². The molecular weight excluding hydrogens is 497 g/mol. The molecule has 0 amide bonds. The Morgan fingerprint density at radius 1 is 1.00 bits per heavy atom. The van der Waals surface area contributed by atoms with Crippen molar-refractivity contribution >= 4 is 38.5 Å². The third kappa shape index (κ3) is 3.94. The summed E-state index contributed by atoms with van der Waals surface area (Å²) in [6.07, 6.45) is 4.57. The number of rotatable bonds is 1. The third-order valence-corrected chi connectivity index (χ3v) is 3.51. The van der Waals surface area contributed by atoms with E-state index >= 15 is 0 Å². The van der Waals surface area contributed by atoms with Crippen molar-refractivity contribution in [3.63, 3.8) is 0 Å². The van der Waals surface area contributed by atoms with Crippen LogP contribution < -0.4 is 4.98 Å². The maximum absolute atomic E-state index is 10.0. The van der Waals surface area contributed by atoms with Gasteiger partial charge in [0, 0.05) is 38.7 Å². The molecule has 0 fully saturated rings. The second-order valence-corrected chi connectivity index (χ2v) is 5.41. The van der Waals surface area contributed by atoms with Crippen molar-refractivity contribution in [3.05, 3.63) is 60.8 Å². The quantitative estimate of drug-likeness (QED) is 0.237. The Hall–Kier alpha value is -2.52. The number of aliphatic hydroxyl groups is 1. The molecule has 0 aliphatic carbocycles. The minimum atomic E-state index is -0.125. The molecule has 2 aromatic heterocycles. The molecule has 2 aromatic carbocycles. The van der Waals surface area contributed by atoms with Crippen molar-refractivity contribution in [3.8, 4) is 0 Å². The summed E-state index contributed by atoms with van der Waals surface area (Å²) < 4.78 is 0. The predicted molar refractivity (Wildman–Crippen MR) is 94.9 cm³/mol. The summed E-state index contributed by atoms with van der Waals surface area (Å²) in [6, 6.07) is 12.3. The van der Waals surface area contributed by atoms with Gasteiger partial charge in [-0.2, -0.15) is 0 Å². The summed E-state index contributed by atoms with van der Waals surface area (Å²) in [5, 5.41) is 11.8. The van der Waals surface area contributed by atoms with Crippen molar-refractivity contribution in [2.45, 2.75) is 13.8 Å². The van der Waals surface area contributed by atoms with Crippen LogP contribution in [0.25, 0.3) is 32.7 Å². The average molecular weight is 513 g/mol. The Bertz CT molecular complexity index is 996. The molecule has 0 atom stereocenters.